The van der Waals surface area contributed by atoms with Gasteiger partial charge >= 0.3 is 0 Å². The molecule has 1 saturated heterocycles. The fraction of sp³-hybridized carbons (Fsp3) is 0.500. The average molecular weight is 390 g/mol. The molecular formula is C18H25N6O2S+. The number of aromatic amines is 1. The number of rotatable bonds is 6. The van der Waals surface area contributed by atoms with Gasteiger partial charge in [-0.15, -0.1) is 10.2 Å². The van der Waals surface area contributed by atoms with Gasteiger partial charge in [0.2, 0.25) is 16.9 Å². The lowest BCUT2D eigenvalue weighted by Crippen LogP contribution is -2.50. The van der Waals surface area contributed by atoms with Crippen LogP contribution < -0.4 is 15.2 Å². The zero-order valence-electron chi connectivity index (χ0n) is 15.6. The van der Waals surface area contributed by atoms with Crippen molar-refractivity contribution in [3.05, 3.63) is 29.4 Å². The van der Waals surface area contributed by atoms with Crippen LogP contribution >= 0.6 is 11.3 Å². The molecule has 27 heavy (non-hydrogen) atoms. The highest BCUT2D eigenvalue weighted by Gasteiger charge is 2.26. The van der Waals surface area contributed by atoms with E-state index in [1.807, 2.05) is 43.1 Å². The summed E-state index contributed by atoms with van der Waals surface area (Å²) < 4.78 is 0. The molecule has 2 aromatic heterocycles. The summed E-state index contributed by atoms with van der Waals surface area (Å²) in [5.74, 6) is 1.15. The monoisotopic (exact) mass is 389 g/mol. The van der Waals surface area contributed by atoms with E-state index in [2.05, 4.69) is 25.4 Å². The Kier molecular flexibility index (Phi) is 6.33. The molecule has 3 heterocycles. The maximum absolute atomic E-state index is 12.4. The zero-order valence-corrected chi connectivity index (χ0v) is 16.5. The van der Waals surface area contributed by atoms with Gasteiger partial charge in [0.1, 0.15) is 18.1 Å². The third-order valence-corrected chi connectivity index (χ3v) is 5.55. The number of carbonyl (C=O) groups is 2. The molecule has 0 bridgehead atoms. The van der Waals surface area contributed by atoms with E-state index in [0.717, 1.165) is 23.9 Å². The molecule has 2 amide bonds. The minimum atomic E-state index is -0.202. The number of pyridine rings is 1. The summed E-state index contributed by atoms with van der Waals surface area (Å²) in [5.41, 5.74) is 0. The summed E-state index contributed by atoms with van der Waals surface area (Å²) in [4.78, 5) is 31.7. The first kappa shape index (κ1) is 19.2. The van der Waals surface area contributed by atoms with Gasteiger partial charge in [-0.3, -0.25) is 14.5 Å². The largest absolute Gasteiger partial charge is 0.335 e. The molecule has 0 spiro atoms. The number of carbonyl (C=O) groups excluding carboxylic acids is 2. The summed E-state index contributed by atoms with van der Waals surface area (Å²) >= 11 is 1.37. The van der Waals surface area contributed by atoms with Crippen molar-refractivity contribution >= 4 is 34.1 Å². The van der Waals surface area contributed by atoms with Crippen molar-refractivity contribution in [2.75, 3.05) is 36.4 Å². The third kappa shape index (κ3) is 5.22. The van der Waals surface area contributed by atoms with Gasteiger partial charge in [-0.2, -0.15) is 0 Å². The second-order valence-corrected chi connectivity index (χ2v) is 7.77. The highest BCUT2D eigenvalue weighted by atomic mass is 32.1. The van der Waals surface area contributed by atoms with E-state index >= 15 is 0 Å². The highest BCUT2D eigenvalue weighted by Crippen LogP contribution is 2.22. The predicted octanol–water partition coefficient (Wildman–Crippen LogP) is 1.54. The van der Waals surface area contributed by atoms with Crippen LogP contribution in [0.5, 0.6) is 0 Å². The standard InChI is InChI=1S/C18H24N6O2S/c1-13(2)17-21-22-18(27-17)20-15(25)6-7-16(26)24-11-9-23(10-12-24)14-5-3-4-8-19-14/h3-5,8,13H,6-7,9-12H2,1-2H3,(H,20,22,25)/p+1. The Morgan fingerprint density at radius 1 is 1.19 bits per heavy atom. The van der Waals surface area contributed by atoms with Crippen LogP contribution in [0.25, 0.3) is 0 Å². The van der Waals surface area contributed by atoms with E-state index in [-0.39, 0.29) is 30.6 Å². The molecule has 1 aliphatic heterocycles. The van der Waals surface area contributed by atoms with Crippen molar-refractivity contribution in [2.24, 2.45) is 0 Å². The molecule has 1 fully saturated rings. The van der Waals surface area contributed by atoms with E-state index in [1.165, 1.54) is 11.3 Å². The predicted molar refractivity (Wildman–Crippen MR) is 104 cm³/mol. The molecule has 1 aliphatic rings. The van der Waals surface area contributed by atoms with E-state index in [1.54, 1.807) is 0 Å². The Labute approximate surface area is 162 Å². The molecule has 0 radical (unpaired) electrons. The van der Waals surface area contributed by atoms with Crippen molar-refractivity contribution in [1.82, 2.24) is 15.1 Å². The van der Waals surface area contributed by atoms with E-state index in [0.29, 0.717) is 18.2 Å². The molecular weight excluding hydrogens is 364 g/mol. The minimum Gasteiger partial charge on any atom is -0.335 e. The van der Waals surface area contributed by atoms with E-state index in [9.17, 15) is 9.59 Å². The smallest absolute Gasteiger partial charge is 0.274 e. The SMILES string of the molecule is CC(C)c1nnc(NC(=O)CCC(=O)N2CCN(c3cccc[nH+]3)CC2)s1. The Morgan fingerprint density at radius 2 is 1.96 bits per heavy atom. The first-order chi connectivity index (χ1) is 13.0. The van der Waals surface area contributed by atoms with Gasteiger partial charge in [-0.1, -0.05) is 31.3 Å². The summed E-state index contributed by atoms with van der Waals surface area (Å²) in [6.45, 7) is 6.94. The van der Waals surface area contributed by atoms with Gasteiger partial charge in [0, 0.05) is 24.8 Å². The quantitative estimate of drug-likeness (QED) is 0.809. The van der Waals surface area contributed by atoms with Crippen molar-refractivity contribution in [3.63, 3.8) is 0 Å². The van der Waals surface area contributed by atoms with Crippen LogP contribution in [-0.4, -0.2) is 53.1 Å². The molecule has 0 saturated carbocycles. The van der Waals surface area contributed by atoms with Gasteiger partial charge in [-0.25, -0.2) is 4.98 Å². The van der Waals surface area contributed by atoms with Gasteiger partial charge in [0.15, 0.2) is 0 Å². The Hall–Kier alpha value is -2.55. The van der Waals surface area contributed by atoms with Gasteiger partial charge in [0.25, 0.3) is 5.82 Å². The number of anilines is 2. The van der Waals surface area contributed by atoms with Gasteiger partial charge < -0.3 is 10.2 Å². The number of amides is 2. The summed E-state index contributed by atoms with van der Waals surface area (Å²) in [6.07, 6.45) is 2.26. The van der Waals surface area contributed by atoms with Gasteiger partial charge in [-0.05, 0) is 6.07 Å². The molecule has 9 heteroatoms. The van der Waals surface area contributed by atoms with Crippen molar-refractivity contribution < 1.29 is 14.6 Å². The summed E-state index contributed by atoms with van der Waals surface area (Å²) in [6, 6.07) is 5.96. The lowest BCUT2D eigenvalue weighted by molar-refractivity contribution is -0.364. The molecule has 144 valence electrons. The number of H-pyrrole nitrogens is 1. The van der Waals surface area contributed by atoms with Crippen LogP contribution in [0.1, 0.15) is 37.6 Å². The van der Waals surface area contributed by atoms with Crippen LogP contribution in [0.3, 0.4) is 0 Å². The molecule has 0 atom stereocenters. The second-order valence-electron chi connectivity index (χ2n) is 6.76. The molecule has 0 unspecified atom stereocenters. The fourth-order valence-electron chi connectivity index (χ4n) is 2.86. The lowest BCUT2D eigenvalue weighted by atomic mass is 10.2. The molecule has 8 nitrogen and oxygen atoms in total. The zero-order chi connectivity index (χ0) is 19.2. The van der Waals surface area contributed by atoms with Crippen LogP contribution in [0.4, 0.5) is 10.9 Å². The third-order valence-electron chi connectivity index (χ3n) is 4.41. The Balaban J connectivity index is 1.41. The minimum absolute atomic E-state index is 0.0157. The number of piperazine rings is 1. The fourth-order valence-corrected chi connectivity index (χ4v) is 3.62. The number of hydrogen-bond donors (Lipinski definition) is 1. The average Bonchev–Trinajstić information content (AvgIpc) is 3.16. The number of aromatic nitrogens is 3. The van der Waals surface area contributed by atoms with Gasteiger partial charge in [0.05, 0.1) is 19.3 Å². The molecule has 0 aromatic carbocycles. The van der Waals surface area contributed by atoms with Crippen LogP contribution in [0.2, 0.25) is 0 Å². The molecule has 2 N–H and O–H groups in total. The molecule has 0 aliphatic carbocycles. The lowest BCUT2D eigenvalue weighted by Gasteiger charge is -2.31. The number of hydrogen-bond acceptors (Lipinski definition) is 6. The highest BCUT2D eigenvalue weighted by molar-refractivity contribution is 7.15. The molecule has 2 aromatic rings. The molecule has 3 rings (SSSR count). The van der Waals surface area contributed by atoms with Crippen molar-refractivity contribution in [3.8, 4) is 0 Å². The normalized spacial score (nSPS) is 14.5. The van der Waals surface area contributed by atoms with Crippen molar-refractivity contribution in [2.45, 2.75) is 32.6 Å². The number of nitrogens with zero attached hydrogens (tertiary/aromatic N) is 4. The van der Waals surface area contributed by atoms with Crippen LogP contribution in [0, 0.1) is 0 Å². The maximum atomic E-state index is 12.4. The van der Waals surface area contributed by atoms with E-state index < -0.39 is 0 Å². The van der Waals surface area contributed by atoms with E-state index in [4.69, 9.17) is 0 Å². The first-order valence-electron chi connectivity index (χ1n) is 9.15. The number of nitrogens with one attached hydrogen (secondary N) is 2. The van der Waals surface area contributed by atoms with Crippen LogP contribution in [-0.2, 0) is 9.59 Å². The second kappa shape index (κ2) is 8.90. The van der Waals surface area contributed by atoms with Crippen molar-refractivity contribution in [1.29, 1.82) is 0 Å². The topological polar surface area (TPSA) is 92.6 Å². The van der Waals surface area contributed by atoms with Crippen LogP contribution in [0.15, 0.2) is 24.4 Å². The Morgan fingerprint density at radius 3 is 2.59 bits per heavy atom. The summed E-state index contributed by atoms with van der Waals surface area (Å²) in [5, 5.41) is 12.1. The Bertz CT molecular complexity index is 771. The first-order valence-corrected chi connectivity index (χ1v) is 9.97. The summed E-state index contributed by atoms with van der Waals surface area (Å²) in [7, 11) is 0. The maximum Gasteiger partial charge on any atom is 0.274 e.